The van der Waals surface area contributed by atoms with Crippen LogP contribution in [0.5, 0.6) is 5.75 Å². The van der Waals surface area contributed by atoms with E-state index in [0.717, 1.165) is 0 Å². The molecule has 1 aromatic rings. The number of sulfonamides is 1. The maximum Gasteiger partial charge on any atom is 0.243 e. The number of ether oxygens (including phenoxy) is 2. The molecule has 1 N–H and O–H groups in total. The highest BCUT2D eigenvalue weighted by Gasteiger charge is 2.28. The predicted molar refractivity (Wildman–Crippen MR) is 73.4 cm³/mol. The Morgan fingerprint density at radius 2 is 2.05 bits per heavy atom. The second-order valence-corrected chi connectivity index (χ2v) is 6.37. The largest absolute Gasteiger partial charge is 0.497 e. The Bertz CT molecular complexity index is 552. The topological polar surface area (TPSA) is 76.1 Å². The van der Waals surface area contributed by atoms with Crippen molar-refractivity contribution in [3.63, 3.8) is 0 Å². The van der Waals surface area contributed by atoms with Crippen molar-refractivity contribution in [2.75, 3.05) is 40.0 Å². The molecule has 112 valence electrons. The van der Waals surface area contributed by atoms with E-state index in [2.05, 4.69) is 0 Å². The van der Waals surface area contributed by atoms with Crippen LogP contribution in [0.1, 0.15) is 5.56 Å². The number of morpholine rings is 1. The van der Waals surface area contributed by atoms with Crippen LogP contribution in [0.3, 0.4) is 0 Å². The van der Waals surface area contributed by atoms with Crippen molar-refractivity contribution in [3.8, 4) is 5.75 Å². The zero-order valence-electron chi connectivity index (χ0n) is 11.4. The first-order valence-electron chi connectivity index (χ1n) is 6.45. The SMILES string of the molecule is COc1ccc(S(=O)(=O)N2CCOCC2)c(CCO)c1. The number of aliphatic hydroxyl groups is 1. The minimum Gasteiger partial charge on any atom is -0.497 e. The molecule has 0 unspecified atom stereocenters. The normalized spacial score (nSPS) is 17.1. The molecule has 0 radical (unpaired) electrons. The molecule has 7 heteroatoms. The molecule has 0 bridgehead atoms. The fourth-order valence-corrected chi connectivity index (χ4v) is 3.82. The molecule has 0 aliphatic carbocycles. The number of nitrogens with zero attached hydrogens (tertiary/aromatic N) is 1. The van der Waals surface area contributed by atoms with Crippen LogP contribution in [-0.4, -0.2) is 57.8 Å². The molecule has 1 heterocycles. The molecular formula is C13H19NO5S. The summed E-state index contributed by atoms with van der Waals surface area (Å²) in [5, 5.41) is 9.11. The highest BCUT2D eigenvalue weighted by molar-refractivity contribution is 7.89. The van der Waals surface area contributed by atoms with Crippen LogP contribution in [0.2, 0.25) is 0 Å². The Kier molecular flexibility index (Phi) is 4.98. The first-order chi connectivity index (χ1) is 9.59. The fraction of sp³-hybridized carbons (Fsp3) is 0.538. The molecule has 6 nitrogen and oxygen atoms in total. The standard InChI is InChI=1S/C13H19NO5S/c1-18-12-2-3-13(11(10-12)4-7-15)20(16,17)14-5-8-19-9-6-14/h2-3,10,15H,4-9H2,1H3. The molecular weight excluding hydrogens is 282 g/mol. The van der Waals surface area contributed by atoms with Gasteiger partial charge in [0.25, 0.3) is 0 Å². The summed E-state index contributed by atoms with van der Waals surface area (Å²) in [5.41, 5.74) is 0.568. The molecule has 1 aliphatic heterocycles. The van der Waals surface area contributed by atoms with E-state index in [0.29, 0.717) is 37.6 Å². The Balaban J connectivity index is 2.39. The smallest absolute Gasteiger partial charge is 0.243 e. The van der Waals surface area contributed by atoms with Gasteiger partial charge in [-0.2, -0.15) is 4.31 Å². The Hall–Kier alpha value is -1.15. The Labute approximate surface area is 119 Å². The second-order valence-electron chi connectivity index (χ2n) is 4.46. The summed E-state index contributed by atoms with van der Waals surface area (Å²) in [6.45, 7) is 1.41. The molecule has 0 spiro atoms. The van der Waals surface area contributed by atoms with E-state index in [1.165, 1.54) is 17.5 Å². The van der Waals surface area contributed by atoms with Gasteiger partial charge < -0.3 is 14.6 Å². The van der Waals surface area contributed by atoms with Gasteiger partial charge in [-0.25, -0.2) is 8.42 Å². The lowest BCUT2D eigenvalue weighted by molar-refractivity contribution is 0.0730. The van der Waals surface area contributed by atoms with Crippen molar-refractivity contribution in [1.29, 1.82) is 0 Å². The van der Waals surface area contributed by atoms with Crippen molar-refractivity contribution in [1.82, 2.24) is 4.31 Å². The quantitative estimate of drug-likeness (QED) is 0.844. The van der Waals surface area contributed by atoms with Crippen LogP contribution in [-0.2, 0) is 21.2 Å². The summed E-state index contributed by atoms with van der Waals surface area (Å²) in [6.07, 6.45) is 0.274. The lowest BCUT2D eigenvalue weighted by atomic mass is 10.1. The lowest BCUT2D eigenvalue weighted by Gasteiger charge is -2.27. The maximum atomic E-state index is 12.6. The molecule has 1 aliphatic rings. The van der Waals surface area contributed by atoms with Gasteiger partial charge in [0.1, 0.15) is 5.75 Å². The van der Waals surface area contributed by atoms with Gasteiger partial charge >= 0.3 is 0 Å². The molecule has 0 atom stereocenters. The molecule has 1 saturated heterocycles. The average molecular weight is 301 g/mol. The van der Waals surface area contributed by atoms with Crippen molar-refractivity contribution >= 4 is 10.0 Å². The molecule has 2 rings (SSSR count). The van der Waals surface area contributed by atoms with Gasteiger partial charge in [-0.15, -0.1) is 0 Å². The number of rotatable bonds is 5. The van der Waals surface area contributed by atoms with E-state index >= 15 is 0 Å². The summed E-state index contributed by atoms with van der Waals surface area (Å²) in [5.74, 6) is 0.578. The average Bonchev–Trinajstić information content (AvgIpc) is 2.48. The third-order valence-electron chi connectivity index (χ3n) is 3.24. The Morgan fingerprint density at radius 1 is 1.35 bits per heavy atom. The number of aliphatic hydroxyl groups excluding tert-OH is 1. The molecule has 1 fully saturated rings. The summed E-state index contributed by atoms with van der Waals surface area (Å²) in [7, 11) is -2.03. The predicted octanol–water partition coefficient (Wildman–Crippen LogP) is 0.251. The molecule has 0 amide bonds. The van der Waals surface area contributed by atoms with Gasteiger partial charge in [0, 0.05) is 19.7 Å². The van der Waals surface area contributed by atoms with Crippen molar-refractivity contribution in [3.05, 3.63) is 23.8 Å². The van der Waals surface area contributed by atoms with Crippen LogP contribution in [0.15, 0.2) is 23.1 Å². The van der Waals surface area contributed by atoms with Gasteiger partial charge in [0.2, 0.25) is 10.0 Å². The first-order valence-corrected chi connectivity index (χ1v) is 7.89. The fourth-order valence-electron chi connectivity index (χ4n) is 2.18. The molecule has 20 heavy (non-hydrogen) atoms. The van der Waals surface area contributed by atoms with E-state index in [-0.39, 0.29) is 17.9 Å². The molecule has 0 aromatic heterocycles. The van der Waals surface area contributed by atoms with Gasteiger partial charge in [-0.1, -0.05) is 0 Å². The van der Waals surface area contributed by atoms with Gasteiger partial charge in [0.15, 0.2) is 0 Å². The first kappa shape index (κ1) is 15.2. The van der Waals surface area contributed by atoms with E-state index in [1.807, 2.05) is 0 Å². The molecule has 1 aromatic carbocycles. The summed E-state index contributed by atoms with van der Waals surface area (Å²) < 4.78 is 37.0. The van der Waals surface area contributed by atoms with Gasteiger partial charge in [0.05, 0.1) is 25.2 Å². The van der Waals surface area contributed by atoms with Crippen LogP contribution in [0.25, 0.3) is 0 Å². The third-order valence-corrected chi connectivity index (χ3v) is 5.24. The molecule has 0 saturated carbocycles. The van der Waals surface area contributed by atoms with Crippen LogP contribution >= 0.6 is 0 Å². The Morgan fingerprint density at radius 3 is 2.65 bits per heavy atom. The van der Waals surface area contributed by atoms with Gasteiger partial charge in [-0.3, -0.25) is 0 Å². The summed E-state index contributed by atoms with van der Waals surface area (Å²) >= 11 is 0. The summed E-state index contributed by atoms with van der Waals surface area (Å²) in [6, 6.07) is 4.81. The van der Waals surface area contributed by atoms with E-state index in [9.17, 15) is 8.42 Å². The number of methoxy groups -OCH3 is 1. The number of hydrogen-bond donors (Lipinski definition) is 1. The number of hydrogen-bond acceptors (Lipinski definition) is 5. The van der Waals surface area contributed by atoms with Crippen LogP contribution < -0.4 is 4.74 Å². The van der Waals surface area contributed by atoms with Crippen molar-refractivity contribution < 1.29 is 23.0 Å². The van der Waals surface area contributed by atoms with E-state index in [4.69, 9.17) is 14.6 Å². The van der Waals surface area contributed by atoms with E-state index in [1.54, 1.807) is 12.1 Å². The summed E-state index contributed by atoms with van der Waals surface area (Å²) in [4.78, 5) is 0.231. The van der Waals surface area contributed by atoms with Gasteiger partial charge in [-0.05, 0) is 30.2 Å². The second kappa shape index (κ2) is 6.53. The zero-order valence-corrected chi connectivity index (χ0v) is 12.2. The highest BCUT2D eigenvalue weighted by Crippen LogP contribution is 2.25. The van der Waals surface area contributed by atoms with E-state index < -0.39 is 10.0 Å². The van der Waals surface area contributed by atoms with Crippen molar-refractivity contribution in [2.45, 2.75) is 11.3 Å². The highest BCUT2D eigenvalue weighted by atomic mass is 32.2. The zero-order chi connectivity index (χ0) is 14.6. The minimum absolute atomic E-state index is 0.112. The van der Waals surface area contributed by atoms with Crippen molar-refractivity contribution in [2.24, 2.45) is 0 Å². The van der Waals surface area contributed by atoms with Crippen LogP contribution in [0.4, 0.5) is 0 Å². The number of benzene rings is 1. The lowest BCUT2D eigenvalue weighted by Crippen LogP contribution is -2.40. The minimum atomic E-state index is -3.55. The van der Waals surface area contributed by atoms with Crippen LogP contribution in [0, 0.1) is 0 Å². The maximum absolute atomic E-state index is 12.6. The third kappa shape index (κ3) is 3.12. The monoisotopic (exact) mass is 301 g/mol.